The van der Waals surface area contributed by atoms with Gasteiger partial charge in [-0.1, -0.05) is 11.6 Å². The highest BCUT2D eigenvalue weighted by Gasteiger charge is 2.33. The van der Waals surface area contributed by atoms with Crippen molar-refractivity contribution in [2.24, 2.45) is 0 Å². The van der Waals surface area contributed by atoms with E-state index in [9.17, 15) is 4.39 Å². The number of hydrogen-bond acceptors (Lipinski definition) is 3. The summed E-state index contributed by atoms with van der Waals surface area (Å²) in [4.78, 5) is 4.24. The van der Waals surface area contributed by atoms with Crippen LogP contribution in [0.1, 0.15) is 25.8 Å². The Kier molecular flexibility index (Phi) is 3.11. The monoisotopic (exact) mass is 283 g/mol. The summed E-state index contributed by atoms with van der Waals surface area (Å²) in [5.41, 5.74) is 7.25. The van der Waals surface area contributed by atoms with E-state index in [1.165, 1.54) is 12.1 Å². The maximum atomic E-state index is 13.6. The summed E-state index contributed by atoms with van der Waals surface area (Å²) in [6.07, 6.45) is 2.03. The minimum Gasteiger partial charge on any atom is -0.378 e. The molecule has 1 aromatic carbocycles. The lowest BCUT2D eigenvalue weighted by Crippen LogP contribution is -2.33. The van der Waals surface area contributed by atoms with E-state index in [1.807, 2.05) is 11.5 Å². The number of ether oxygens (including phenoxy) is 1. The molecule has 6 heteroatoms. The minimum absolute atomic E-state index is 0.0675. The second-order valence-corrected chi connectivity index (χ2v) is 5.20. The van der Waals surface area contributed by atoms with Crippen LogP contribution in [0.15, 0.2) is 12.1 Å². The fraction of sp³-hybridized carbons (Fsp3) is 0.462. The number of hydrogen-bond donors (Lipinski definition) is 1. The number of anilines is 1. The Bertz CT molecular complexity index is 622. The van der Waals surface area contributed by atoms with Gasteiger partial charge in [-0.25, -0.2) is 9.37 Å². The predicted octanol–water partition coefficient (Wildman–Crippen LogP) is 3.15. The molecule has 1 heterocycles. The SMILES string of the molecule is CCOC1CC(n2c(N)nc3cc(Cl)c(F)cc32)C1. The first kappa shape index (κ1) is 12.7. The average molecular weight is 284 g/mol. The van der Waals surface area contributed by atoms with E-state index in [-0.39, 0.29) is 17.2 Å². The smallest absolute Gasteiger partial charge is 0.201 e. The number of nitrogens with two attached hydrogens (primary N) is 1. The van der Waals surface area contributed by atoms with Crippen LogP contribution in [0.5, 0.6) is 0 Å². The van der Waals surface area contributed by atoms with Gasteiger partial charge in [-0.3, -0.25) is 0 Å². The molecule has 1 fully saturated rings. The van der Waals surface area contributed by atoms with E-state index in [1.54, 1.807) is 0 Å². The third-order valence-electron chi connectivity index (χ3n) is 3.60. The number of imidazole rings is 1. The highest BCUT2D eigenvalue weighted by molar-refractivity contribution is 6.31. The highest BCUT2D eigenvalue weighted by atomic mass is 35.5. The van der Waals surface area contributed by atoms with Crippen molar-refractivity contribution in [3.63, 3.8) is 0 Å². The molecule has 3 rings (SSSR count). The quantitative estimate of drug-likeness (QED) is 0.941. The molecule has 0 atom stereocenters. The molecule has 1 saturated carbocycles. The fourth-order valence-corrected chi connectivity index (χ4v) is 2.77. The van der Waals surface area contributed by atoms with E-state index < -0.39 is 5.82 Å². The fourth-order valence-electron chi connectivity index (χ4n) is 2.61. The summed E-state index contributed by atoms with van der Waals surface area (Å²) >= 11 is 5.76. The summed E-state index contributed by atoms with van der Waals surface area (Å²) in [6, 6.07) is 3.13. The van der Waals surface area contributed by atoms with Gasteiger partial charge in [0.25, 0.3) is 0 Å². The number of nitrogens with zero attached hydrogens (tertiary/aromatic N) is 2. The maximum absolute atomic E-state index is 13.6. The zero-order valence-electron chi connectivity index (χ0n) is 10.6. The molecule has 0 saturated heterocycles. The van der Waals surface area contributed by atoms with Gasteiger partial charge in [-0.05, 0) is 25.8 Å². The first-order valence-corrected chi connectivity index (χ1v) is 6.72. The van der Waals surface area contributed by atoms with Gasteiger partial charge in [-0.2, -0.15) is 0 Å². The number of fused-ring (bicyclic) bond motifs is 1. The Morgan fingerprint density at radius 3 is 2.95 bits per heavy atom. The molecule has 19 heavy (non-hydrogen) atoms. The zero-order valence-corrected chi connectivity index (χ0v) is 11.3. The van der Waals surface area contributed by atoms with Crippen LogP contribution in [0.3, 0.4) is 0 Å². The molecule has 0 unspecified atom stereocenters. The Morgan fingerprint density at radius 1 is 1.53 bits per heavy atom. The normalized spacial score (nSPS) is 22.7. The van der Waals surface area contributed by atoms with E-state index >= 15 is 0 Å². The van der Waals surface area contributed by atoms with Crippen molar-refractivity contribution in [2.75, 3.05) is 12.3 Å². The van der Waals surface area contributed by atoms with Crippen molar-refractivity contribution in [2.45, 2.75) is 31.9 Å². The number of halogens is 2. The van der Waals surface area contributed by atoms with Crippen LogP contribution >= 0.6 is 11.6 Å². The molecule has 2 N–H and O–H groups in total. The molecular formula is C13H15ClFN3O. The van der Waals surface area contributed by atoms with Gasteiger partial charge >= 0.3 is 0 Å². The lowest BCUT2D eigenvalue weighted by atomic mass is 9.89. The standard InChI is InChI=1S/C13H15ClFN3O/c1-2-19-8-3-7(4-8)18-12-6-10(15)9(14)5-11(12)17-13(18)16/h5-8H,2-4H2,1H3,(H2,16,17). The summed E-state index contributed by atoms with van der Waals surface area (Å²) in [7, 11) is 0. The summed E-state index contributed by atoms with van der Waals surface area (Å²) in [5.74, 6) is -0.0485. The molecule has 1 aliphatic rings. The van der Waals surface area contributed by atoms with Gasteiger partial charge in [0.2, 0.25) is 5.95 Å². The van der Waals surface area contributed by atoms with Gasteiger partial charge in [-0.15, -0.1) is 0 Å². The van der Waals surface area contributed by atoms with Gasteiger partial charge in [0, 0.05) is 18.7 Å². The van der Waals surface area contributed by atoms with Crippen LogP contribution in [0.25, 0.3) is 11.0 Å². The molecule has 0 bridgehead atoms. The van der Waals surface area contributed by atoms with Crippen molar-refractivity contribution >= 4 is 28.6 Å². The lowest BCUT2D eigenvalue weighted by Gasteiger charge is -2.36. The van der Waals surface area contributed by atoms with E-state index in [2.05, 4.69) is 4.98 Å². The van der Waals surface area contributed by atoms with Crippen molar-refractivity contribution in [3.05, 3.63) is 23.0 Å². The molecule has 0 radical (unpaired) electrons. The Balaban J connectivity index is 1.96. The molecule has 102 valence electrons. The Labute approximate surface area is 115 Å². The summed E-state index contributed by atoms with van der Waals surface area (Å²) < 4.78 is 21.0. The largest absolute Gasteiger partial charge is 0.378 e. The predicted molar refractivity (Wildman–Crippen MR) is 72.8 cm³/mol. The van der Waals surface area contributed by atoms with Crippen LogP contribution in [-0.4, -0.2) is 22.3 Å². The van der Waals surface area contributed by atoms with E-state index in [0.29, 0.717) is 23.6 Å². The number of aromatic nitrogens is 2. The molecular weight excluding hydrogens is 269 g/mol. The second kappa shape index (κ2) is 4.65. The number of rotatable bonds is 3. The zero-order chi connectivity index (χ0) is 13.6. The maximum Gasteiger partial charge on any atom is 0.201 e. The van der Waals surface area contributed by atoms with Crippen molar-refractivity contribution in [1.82, 2.24) is 9.55 Å². The first-order valence-electron chi connectivity index (χ1n) is 6.34. The Morgan fingerprint density at radius 2 is 2.26 bits per heavy atom. The number of benzene rings is 1. The molecule has 0 amide bonds. The highest BCUT2D eigenvalue weighted by Crippen LogP contribution is 2.39. The van der Waals surface area contributed by atoms with Crippen LogP contribution in [0.2, 0.25) is 5.02 Å². The van der Waals surface area contributed by atoms with Gasteiger partial charge in [0.05, 0.1) is 22.2 Å². The molecule has 4 nitrogen and oxygen atoms in total. The Hall–Kier alpha value is -1.33. The third kappa shape index (κ3) is 2.07. The van der Waals surface area contributed by atoms with Crippen molar-refractivity contribution in [3.8, 4) is 0 Å². The number of nitrogen functional groups attached to an aromatic ring is 1. The minimum atomic E-state index is -0.448. The van der Waals surface area contributed by atoms with Crippen molar-refractivity contribution < 1.29 is 9.13 Å². The van der Waals surface area contributed by atoms with Crippen LogP contribution in [0, 0.1) is 5.82 Å². The second-order valence-electron chi connectivity index (χ2n) is 4.80. The lowest BCUT2D eigenvalue weighted by molar-refractivity contribution is -0.0182. The van der Waals surface area contributed by atoms with Crippen molar-refractivity contribution in [1.29, 1.82) is 0 Å². The topological polar surface area (TPSA) is 53.1 Å². The van der Waals surface area contributed by atoms with Gasteiger partial charge in [0.15, 0.2) is 0 Å². The summed E-state index contributed by atoms with van der Waals surface area (Å²) in [5, 5.41) is 0.0675. The van der Waals surface area contributed by atoms with Crippen LogP contribution in [0.4, 0.5) is 10.3 Å². The molecule has 1 aliphatic carbocycles. The van der Waals surface area contributed by atoms with E-state index in [4.69, 9.17) is 22.1 Å². The van der Waals surface area contributed by atoms with Crippen LogP contribution in [-0.2, 0) is 4.74 Å². The molecule has 2 aromatic rings. The van der Waals surface area contributed by atoms with E-state index in [0.717, 1.165) is 12.8 Å². The first-order chi connectivity index (χ1) is 9.10. The molecule has 1 aromatic heterocycles. The van der Waals surface area contributed by atoms with Gasteiger partial charge < -0.3 is 15.0 Å². The van der Waals surface area contributed by atoms with Gasteiger partial charge in [0.1, 0.15) is 5.82 Å². The molecule has 0 spiro atoms. The summed E-state index contributed by atoms with van der Waals surface area (Å²) in [6.45, 7) is 2.69. The molecule has 0 aliphatic heterocycles. The third-order valence-corrected chi connectivity index (χ3v) is 3.89. The van der Waals surface area contributed by atoms with Crippen LogP contribution < -0.4 is 5.73 Å². The average Bonchev–Trinajstić information content (AvgIpc) is 2.60.